The van der Waals surface area contributed by atoms with Crippen LogP contribution in [0, 0.1) is 0 Å². The molecule has 148 valence electrons. The summed E-state index contributed by atoms with van der Waals surface area (Å²) in [6.07, 6.45) is 4.90. The number of nitrogens with one attached hydrogen (secondary N) is 1. The van der Waals surface area contributed by atoms with E-state index in [9.17, 15) is 14.4 Å². The number of likely N-dealkylation sites (N-methyl/N-ethyl adjacent to an activating group) is 1. The number of ketones is 1. The number of benzene rings is 2. The standard InChI is InChI=1S/C24H19N3O3/c1-27-21-8-7-18(23(29)26-15-17-9-11-25-12-10-17)14-19(21)22(28)20(24(27)30)13-16-5-3-2-4-6-16/h2-14H,15H2,1H3,(H,26,29)/b20-13-. The van der Waals surface area contributed by atoms with Gasteiger partial charge in [0.25, 0.3) is 11.8 Å². The maximum atomic E-state index is 13.1. The van der Waals surface area contributed by atoms with Crippen LogP contribution in [-0.2, 0) is 11.3 Å². The molecule has 2 heterocycles. The van der Waals surface area contributed by atoms with Crippen LogP contribution in [0.5, 0.6) is 0 Å². The first-order valence-electron chi connectivity index (χ1n) is 9.45. The SMILES string of the molecule is CN1C(=O)/C(=C\c2ccccc2)C(=O)c2cc(C(=O)NCc3ccncc3)ccc21. The highest BCUT2D eigenvalue weighted by atomic mass is 16.2. The highest BCUT2D eigenvalue weighted by Gasteiger charge is 2.33. The van der Waals surface area contributed by atoms with Crippen LogP contribution < -0.4 is 10.2 Å². The molecule has 1 aliphatic rings. The van der Waals surface area contributed by atoms with E-state index in [1.54, 1.807) is 43.7 Å². The number of carbonyl (C=O) groups excluding carboxylic acids is 3. The molecule has 0 saturated carbocycles. The molecule has 0 saturated heterocycles. The van der Waals surface area contributed by atoms with Gasteiger partial charge in [-0.05, 0) is 47.5 Å². The molecule has 6 heteroatoms. The van der Waals surface area contributed by atoms with Crippen molar-refractivity contribution < 1.29 is 14.4 Å². The summed E-state index contributed by atoms with van der Waals surface area (Å²) in [5.74, 6) is -1.05. The molecule has 1 aliphatic heterocycles. The maximum Gasteiger partial charge on any atom is 0.262 e. The van der Waals surface area contributed by atoms with Crippen molar-refractivity contribution in [2.24, 2.45) is 0 Å². The number of anilines is 1. The molecule has 6 nitrogen and oxygen atoms in total. The quantitative estimate of drug-likeness (QED) is 0.541. The second-order valence-corrected chi connectivity index (χ2v) is 6.93. The number of fused-ring (bicyclic) bond motifs is 1. The summed E-state index contributed by atoms with van der Waals surface area (Å²) in [5, 5.41) is 2.83. The van der Waals surface area contributed by atoms with Crippen LogP contribution >= 0.6 is 0 Å². The molecule has 3 aromatic rings. The van der Waals surface area contributed by atoms with E-state index < -0.39 is 0 Å². The lowest BCUT2D eigenvalue weighted by molar-refractivity contribution is -0.114. The zero-order valence-corrected chi connectivity index (χ0v) is 16.3. The van der Waals surface area contributed by atoms with E-state index >= 15 is 0 Å². The Morgan fingerprint density at radius 3 is 2.50 bits per heavy atom. The van der Waals surface area contributed by atoms with Crippen LogP contribution in [0.15, 0.2) is 78.6 Å². The molecule has 4 rings (SSSR count). The summed E-state index contributed by atoms with van der Waals surface area (Å²) in [4.78, 5) is 43.8. The van der Waals surface area contributed by atoms with Gasteiger partial charge in [-0.25, -0.2) is 0 Å². The summed E-state index contributed by atoms with van der Waals surface area (Å²) in [7, 11) is 1.62. The van der Waals surface area contributed by atoms with Gasteiger partial charge in [0, 0.05) is 37.1 Å². The Bertz CT molecular complexity index is 1150. The van der Waals surface area contributed by atoms with Gasteiger partial charge in [0.1, 0.15) is 0 Å². The Morgan fingerprint density at radius 2 is 1.77 bits per heavy atom. The first-order chi connectivity index (χ1) is 14.5. The fourth-order valence-electron chi connectivity index (χ4n) is 3.31. The number of carbonyl (C=O) groups is 3. The van der Waals surface area contributed by atoms with Gasteiger partial charge in [-0.15, -0.1) is 0 Å². The Labute approximate surface area is 173 Å². The molecule has 0 aliphatic carbocycles. The van der Waals surface area contributed by atoms with Crippen LogP contribution in [0.3, 0.4) is 0 Å². The molecular weight excluding hydrogens is 378 g/mol. The molecule has 0 fully saturated rings. The first-order valence-corrected chi connectivity index (χ1v) is 9.45. The Balaban J connectivity index is 1.63. The number of Topliss-reactive ketones (excluding diaryl/α,β-unsaturated/α-hetero) is 1. The van der Waals surface area contributed by atoms with Crippen LogP contribution in [-0.4, -0.2) is 29.6 Å². The largest absolute Gasteiger partial charge is 0.348 e. The summed E-state index contributed by atoms with van der Waals surface area (Å²) < 4.78 is 0. The van der Waals surface area contributed by atoms with Crippen molar-refractivity contribution in [2.75, 3.05) is 11.9 Å². The highest BCUT2D eigenvalue weighted by molar-refractivity contribution is 6.36. The molecule has 1 aromatic heterocycles. The number of hydrogen-bond donors (Lipinski definition) is 1. The number of pyridine rings is 1. The minimum atomic E-state index is -0.388. The van der Waals surface area contributed by atoms with Crippen molar-refractivity contribution in [2.45, 2.75) is 6.54 Å². The van der Waals surface area contributed by atoms with Crippen LogP contribution in [0.4, 0.5) is 5.69 Å². The average Bonchev–Trinajstić information content (AvgIpc) is 2.80. The van der Waals surface area contributed by atoms with Gasteiger partial charge in [-0.3, -0.25) is 19.4 Å². The third kappa shape index (κ3) is 3.75. The number of nitrogens with zero attached hydrogens (tertiary/aromatic N) is 2. The summed E-state index contributed by atoms with van der Waals surface area (Å²) in [6.45, 7) is 0.351. The lowest BCUT2D eigenvalue weighted by Gasteiger charge is -2.27. The fraction of sp³-hybridized carbons (Fsp3) is 0.0833. The maximum absolute atomic E-state index is 13.1. The average molecular weight is 397 g/mol. The molecule has 0 bridgehead atoms. The Kier molecular flexibility index (Phi) is 5.22. The van der Waals surface area contributed by atoms with Gasteiger partial charge >= 0.3 is 0 Å². The minimum Gasteiger partial charge on any atom is -0.348 e. The van der Waals surface area contributed by atoms with Crippen molar-refractivity contribution >= 4 is 29.4 Å². The van der Waals surface area contributed by atoms with Gasteiger partial charge in [-0.2, -0.15) is 0 Å². The molecule has 0 unspecified atom stereocenters. The second kappa shape index (κ2) is 8.13. The predicted molar refractivity (Wildman–Crippen MR) is 114 cm³/mol. The Morgan fingerprint density at radius 1 is 1.03 bits per heavy atom. The van der Waals surface area contributed by atoms with Crippen molar-refractivity contribution in [1.82, 2.24) is 10.3 Å². The van der Waals surface area contributed by atoms with E-state index in [0.29, 0.717) is 23.4 Å². The highest BCUT2D eigenvalue weighted by Crippen LogP contribution is 2.31. The molecule has 0 radical (unpaired) electrons. The van der Waals surface area contributed by atoms with E-state index in [-0.39, 0.29) is 23.2 Å². The fourth-order valence-corrected chi connectivity index (χ4v) is 3.31. The monoisotopic (exact) mass is 397 g/mol. The van der Waals surface area contributed by atoms with Gasteiger partial charge < -0.3 is 10.2 Å². The smallest absolute Gasteiger partial charge is 0.262 e. The summed E-state index contributed by atoms with van der Waals surface area (Å²) in [6, 6.07) is 17.6. The molecule has 0 spiro atoms. The number of hydrogen-bond acceptors (Lipinski definition) is 4. The van der Waals surface area contributed by atoms with Crippen LogP contribution in [0.1, 0.15) is 31.8 Å². The number of rotatable bonds is 4. The van der Waals surface area contributed by atoms with Gasteiger partial charge in [0.05, 0.1) is 11.3 Å². The van der Waals surface area contributed by atoms with Crippen molar-refractivity contribution in [1.29, 1.82) is 0 Å². The molecule has 0 atom stereocenters. The summed E-state index contributed by atoms with van der Waals surface area (Å²) >= 11 is 0. The lowest BCUT2D eigenvalue weighted by Crippen LogP contribution is -2.37. The normalized spacial score (nSPS) is 14.6. The second-order valence-electron chi connectivity index (χ2n) is 6.93. The van der Waals surface area contributed by atoms with E-state index in [1.165, 1.54) is 4.90 Å². The molecule has 30 heavy (non-hydrogen) atoms. The van der Waals surface area contributed by atoms with Crippen LogP contribution in [0.25, 0.3) is 6.08 Å². The molecular formula is C24H19N3O3. The van der Waals surface area contributed by atoms with E-state index in [0.717, 1.165) is 11.1 Å². The van der Waals surface area contributed by atoms with E-state index in [4.69, 9.17) is 0 Å². The predicted octanol–water partition coefficient (Wildman–Crippen LogP) is 3.25. The minimum absolute atomic E-state index is 0.0746. The Hall–Kier alpha value is -4.06. The van der Waals surface area contributed by atoms with Crippen molar-refractivity contribution in [3.05, 3.63) is 101 Å². The molecule has 2 amide bonds. The van der Waals surface area contributed by atoms with E-state index in [2.05, 4.69) is 10.3 Å². The molecule has 2 aromatic carbocycles. The van der Waals surface area contributed by atoms with Gasteiger partial charge in [0.2, 0.25) is 5.78 Å². The number of amides is 2. The third-order valence-electron chi connectivity index (χ3n) is 4.96. The van der Waals surface area contributed by atoms with Crippen LogP contribution in [0.2, 0.25) is 0 Å². The number of aromatic nitrogens is 1. The summed E-state index contributed by atoms with van der Waals surface area (Å²) in [5.41, 5.74) is 2.93. The first kappa shape index (κ1) is 19.3. The van der Waals surface area contributed by atoms with Gasteiger partial charge in [0.15, 0.2) is 0 Å². The van der Waals surface area contributed by atoms with Gasteiger partial charge in [-0.1, -0.05) is 30.3 Å². The lowest BCUT2D eigenvalue weighted by atomic mass is 9.92. The van der Waals surface area contributed by atoms with Crippen molar-refractivity contribution in [3.8, 4) is 0 Å². The topological polar surface area (TPSA) is 79.4 Å². The molecule has 1 N–H and O–H groups in total. The zero-order chi connectivity index (χ0) is 21.1. The van der Waals surface area contributed by atoms with Crippen molar-refractivity contribution in [3.63, 3.8) is 0 Å². The van der Waals surface area contributed by atoms with E-state index in [1.807, 2.05) is 42.5 Å². The third-order valence-corrected chi connectivity index (χ3v) is 4.96. The zero-order valence-electron chi connectivity index (χ0n) is 16.3.